The molecule has 0 amide bonds. The fourth-order valence-corrected chi connectivity index (χ4v) is 3.31. The SMILES string of the molecule is NC=C(C=NC1(C=O)CCC1)N1CC2CNCC2C1. The van der Waals surface area contributed by atoms with E-state index in [1.807, 2.05) is 6.21 Å². The Hall–Kier alpha value is -1.36. The zero-order valence-electron chi connectivity index (χ0n) is 11.2. The number of allylic oxidation sites excluding steroid dienone is 1. The number of hydrogen-bond acceptors (Lipinski definition) is 5. The highest BCUT2D eigenvalue weighted by atomic mass is 16.1. The van der Waals surface area contributed by atoms with Crippen LogP contribution in [0.15, 0.2) is 16.9 Å². The monoisotopic (exact) mass is 262 g/mol. The summed E-state index contributed by atoms with van der Waals surface area (Å²) in [4.78, 5) is 17.9. The second-order valence-corrected chi connectivity index (χ2v) is 6.01. The van der Waals surface area contributed by atoms with Gasteiger partial charge >= 0.3 is 0 Å². The van der Waals surface area contributed by atoms with Gasteiger partial charge in [-0.05, 0) is 31.1 Å². The molecule has 2 saturated heterocycles. The number of nitrogens with zero attached hydrogens (tertiary/aromatic N) is 2. The van der Waals surface area contributed by atoms with Gasteiger partial charge in [0.1, 0.15) is 11.8 Å². The van der Waals surface area contributed by atoms with Crippen molar-refractivity contribution in [2.24, 2.45) is 22.6 Å². The number of nitrogens with two attached hydrogens (primary N) is 1. The minimum Gasteiger partial charge on any atom is -0.403 e. The summed E-state index contributed by atoms with van der Waals surface area (Å²) in [6.45, 7) is 4.30. The molecule has 0 aromatic carbocycles. The van der Waals surface area contributed by atoms with E-state index in [9.17, 15) is 4.79 Å². The number of fused-ring (bicyclic) bond motifs is 1. The van der Waals surface area contributed by atoms with Crippen LogP contribution in [-0.4, -0.2) is 49.1 Å². The van der Waals surface area contributed by atoms with Crippen molar-refractivity contribution in [3.05, 3.63) is 11.9 Å². The molecule has 1 saturated carbocycles. The van der Waals surface area contributed by atoms with Gasteiger partial charge in [-0.3, -0.25) is 4.99 Å². The van der Waals surface area contributed by atoms with E-state index in [0.717, 1.165) is 69.3 Å². The van der Waals surface area contributed by atoms with Crippen LogP contribution in [0.1, 0.15) is 19.3 Å². The molecule has 2 atom stereocenters. The summed E-state index contributed by atoms with van der Waals surface area (Å²) in [5, 5.41) is 3.43. The largest absolute Gasteiger partial charge is 0.403 e. The first kappa shape index (κ1) is 12.7. The first-order valence-corrected chi connectivity index (χ1v) is 7.15. The van der Waals surface area contributed by atoms with E-state index in [1.165, 1.54) is 0 Å². The Balaban J connectivity index is 1.65. The van der Waals surface area contributed by atoms with Crippen LogP contribution in [0, 0.1) is 11.8 Å². The van der Waals surface area contributed by atoms with Gasteiger partial charge < -0.3 is 20.7 Å². The Bertz CT molecular complexity index is 402. The fourth-order valence-electron chi connectivity index (χ4n) is 3.31. The van der Waals surface area contributed by atoms with Crippen LogP contribution in [0.25, 0.3) is 0 Å². The number of aldehydes is 1. The van der Waals surface area contributed by atoms with Crippen molar-refractivity contribution in [1.82, 2.24) is 10.2 Å². The molecular formula is C14H22N4O. The quantitative estimate of drug-likeness (QED) is 0.558. The van der Waals surface area contributed by atoms with Gasteiger partial charge in [-0.25, -0.2) is 0 Å². The van der Waals surface area contributed by atoms with Crippen LogP contribution in [0.2, 0.25) is 0 Å². The predicted octanol–water partition coefficient (Wildman–Crippen LogP) is 0.130. The lowest BCUT2D eigenvalue weighted by atomic mass is 9.79. The Morgan fingerprint density at radius 1 is 1.32 bits per heavy atom. The van der Waals surface area contributed by atoms with Crippen molar-refractivity contribution >= 4 is 12.5 Å². The second-order valence-electron chi connectivity index (χ2n) is 6.01. The summed E-state index contributed by atoms with van der Waals surface area (Å²) in [7, 11) is 0. The average Bonchev–Trinajstić information content (AvgIpc) is 2.93. The van der Waals surface area contributed by atoms with Crippen LogP contribution in [0.3, 0.4) is 0 Å². The number of carbonyl (C=O) groups excluding carboxylic acids is 1. The first-order valence-electron chi connectivity index (χ1n) is 7.15. The van der Waals surface area contributed by atoms with Crippen LogP contribution in [0.4, 0.5) is 0 Å². The van der Waals surface area contributed by atoms with E-state index in [1.54, 1.807) is 6.20 Å². The maximum absolute atomic E-state index is 11.1. The van der Waals surface area contributed by atoms with Crippen LogP contribution in [0.5, 0.6) is 0 Å². The van der Waals surface area contributed by atoms with Crippen molar-refractivity contribution < 1.29 is 4.79 Å². The molecule has 0 radical (unpaired) electrons. The third kappa shape index (κ3) is 2.27. The summed E-state index contributed by atoms with van der Waals surface area (Å²) in [5.41, 5.74) is 6.24. The van der Waals surface area contributed by atoms with E-state index >= 15 is 0 Å². The lowest BCUT2D eigenvalue weighted by molar-refractivity contribution is -0.114. The van der Waals surface area contributed by atoms with Gasteiger partial charge in [-0.2, -0.15) is 0 Å². The smallest absolute Gasteiger partial charge is 0.147 e. The molecule has 2 aliphatic heterocycles. The zero-order chi connectivity index (χ0) is 13.3. The predicted molar refractivity (Wildman–Crippen MR) is 74.8 cm³/mol. The minimum atomic E-state index is -0.453. The summed E-state index contributed by atoms with van der Waals surface area (Å²) in [6, 6.07) is 0. The van der Waals surface area contributed by atoms with Gasteiger partial charge in [0, 0.05) is 38.6 Å². The van der Waals surface area contributed by atoms with E-state index in [2.05, 4.69) is 15.2 Å². The van der Waals surface area contributed by atoms with Gasteiger partial charge in [0.05, 0.1) is 5.70 Å². The number of aliphatic imine (C=N–C) groups is 1. The Morgan fingerprint density at radius 2 is 2.00 bits per heavy atom. The summed E-state index contributed by atoms with van der Waals surface area (Å²) >= 11 is 0. The maximum atomic E-state index is 11.1. The van der Waals surface area contributed by atoms with Gasteiger partial charge in [0.2, 0.25) is 0 Å². The summed E-state index contributed by atoms with van der Waals surface area (Å²) in [5.74, 6) is 1.46. The number of carbonyl (C=O) groups is 1. The molecule has 5 heteroatoms. The number of rotatable bonds is 4. The van der Waals surface area contributed by atoms with Gasteiger partial charge in [0.25, 0.3) is 0 Å². The molecule has 104 valence electrons. The van der Waals surface area contributed by atoms with Crippen LogP contribution < -0.4 is 11.1 Å². The van der Waals surface area contributed by atoms with Crippen molar-refractivity contribution in [3.63, 3.8) is 0 Å². The molecular weight excluding hydrogens is 240 g/mol. The molecule has 0 aromatic rings. The van der Waals surface area contributed by atoms with Gasteiger partial charge in [-0.1, -0.05) is 0 Å². The molecule has 0 bridgehead atoms. The molecule has 3 N–H and O–H groups in total. The van der Waals surface area contributed by atoms with E-state index < -0.39 is 5.54 Å². The molecule has 2 unspecified atom stereocenters. The number of likely N-dealkylation sites (tertiary alicyclic amines) is 1. The summed E-state index contributed by atoms with van der Waals surface area (Å²) < 4.78 is 0. The lowest BCUT2D eigenvalue weighted by Crippen LogP contribution is -2.37. The van der Waals surface area contributed by atoms with Crippen molar-refractivity contribution in [1.29, 1.82) is 0 Å². The average molecular weight is 262 g/mol. The Morgan fingerprint density at radius 3 is 2.47 bits per heavy atom. The molecule has 0 spiro atoms. The second kappa shape index (κ2) is 4.96. The standard InChI is InChI=1S/C14H22N4O/c15-4-13(7-17-14(10-19)2-1-3-14)18-8-11-5-16-6-12(11)9-18/h4,7,10-12,16H,1-3,5-6,8-9,15H2. The third-order valence-corrected chi connectivity index (χ3v) is 4.82. The topological polar surface area (TPSA) is 70.7 Å². The Labute approximate surface area is 113 Å². The highest BCUT2D eigenvalue weighted by Crippen LogP contribution is 2.34. The van der Waals surface area contributed by atoms with Crippen molar-refractivity contribution in [2.45, 2.75) is 24.8 Å². The third-order valence-electron chi connectivity index (χ3n) is 4.82. The van der Waals surface area contributed by atoms with Crippen molar-refractivity contribution in [2.75, 3.05) is 26.2 Å². The molecule has 2 heterocycles. The minimum absolute atomic E-state index is 0.453. The van der Waals surface area contributed by atoms with Crippen LogP contribution >= 0.6 is 0 Å². The van der Waals surface area contributed by atoms with E-state index in [0.29, 0.717) is 0 Å². The maximum Gasteiger partial charge on any atom is 0.147 e. The van der Waals surface area contributed by atoms with Gasteiger partial charge in [-0.15, -0.1) is 0 Å². The van der Waals surface area contributed by atoms with Crippen molar-refractivity contribution in [3.8, 4) is 0 Å². The molecule has 3 rings (SSSR count). The highest BCUT2D eigenvalue weighted by Gasteiger charge is 2.38. The highest BCUT2D eigenvalue weighted by molar-refractivity contribution is 5.81. The van der Waals surface area contributed by atoms with Crippen LogP contribution in [-0.2, 0) is 4.79 Å². The molecule has 3 aliphatic rings. The number of hydrogen-bond donors (Lipinski definition) is 2. The zero-order valence-corrected chi connectivity index (χ0v) is 11.2. The molecule has 3 fully saturated rings. The van der Waals surface area contributed by atoms with E-state index in [-0.39, 0.29) is 0 Å². The lowest BCUT2D eigenvalue weighted by Gasteiger charge is -2.32. The molecule has 19 heavy (non-hydrogen) atoms. The van der Waals surface area contributed by atoms with E-state index in [4.69, 9.17) is 5.73 Å². The fraction of sp³-hybridized carbons (Fsp3) is 0.714. The Kier molecular flexibility index (Phi) is 3.31. The molecule has 5 nitrogen and oxygen atoms in total. The number of nitrogens with one attached hydrogen (secondary N) is 1. The van der Waals surface area contributed by atoms with Gasteiger partial charge in [0.15, 0.2) is 0 Å². The molecule has 0 aromatic heterocycles. The molecule has 1 aliphatic carbocycles. The summed E-state index contributed by atoms with van der Waals surface area (Å²) in [6.07, 6.45) is 7.26. The first-order chi connectivity index (χ1) is 9.26. The normalized spacial score (nSPS) is 33.5.